The summed E-state index contributed by atoms with van der Waals surface area (Å²) in [6, 6.07) is 0. The maximum atomic E-state index is 12.5. The van der Waals surface area contributed by atoms with E-state index in [-0.39, 0.29) is 23.7 Å². The zero-order valence-electron chi connectivity index (χ0n) is 10.9. The molecule has 0 bridgehead atoms. The van der Waals surface area contributed by atoms with E-state index in [9.17, 15) is 14.4 Å². The molecule has 5 heteroatoms. The molecule has 1 N–H and O–H groups in total. The first-order valence-electron chi connectivity index (χ1n) is 6.14. The molecule has 0 spiro atoms. The molecule has 0 aromatic rings. The number of ether oxygens (including phenoxy) is 1. The van der Waals surface area contributed by atoms with Gasteiger partial charge in [0.05, 0.1) is 18.9 Å². The van der Waals surface area contributed by atoms with Crippen molar-refractivity contribution in [2.45, 2.75) is 19.8 Å². The Morgan fingerprint density at radius 3 is 2.79 bits per heavy atom. The summed E-state index contributed by atoms with van der Waals surface area (Å²) in [4.78, 5) is 35.5. The third kappa shape index (κ3) is 1.99. The number of carboxylic acids is 1. The molecule has 0 aromatic heterocycles. The maximum Gasteiger partial charge on any atom is 0.303 e. The second-order valence-electron chi connectivity index (χ2n) is 5.15. The van der Waals surface area contributed by atoms with Crippen LogP contribution in [0, 0.1) is 17.3 Å². The van der Waals surface area contributed by atoms with E-state index >= 15 is 0 Å². The number of rotatable bonds is 3. The number of aliphatic carboxylic acids is 1. The molecule has 3 atom stereocenters. The summed E-state index contributed by atoms with van der Waals surface area (Å²) in [6.45, 7) is 1.67. The van der Waals surface area contributed by atoms with Crippen LogP contribution in [0.3, 0.4) is 0 Å². The van der Waals surface area contributed by atoms with Crippen molar-refractivity contribution in [3.8, 4) is 0 Å². The Labute approximate surface area is 110 Å². The highest BCUT2D eigenvalue weighted by Crippen LogP contribution is 2.48. The first-order valence-corrected chi connectivity index (χ1v) is 6.14. The summed E-state index contributed by atoms with van der Waals surface area (Å²) in [7, 11) is 1.34. The van der Waals surface area contributed by atoms with Gasteiger partial charge in [0.1, 0.15) is 0 Å². The number of Topliss-reactive ketones (excluding diaryl/α,β-unsaturated/α-hetero) is 1. The van der Waals surface area contributed by atoms with Crippen LogP contribution < -0.4 is 0 Å². The summed E-state index contributed by atoms with van der Waals surface area (Å²) in [5.41, 5.74) is -1.02. The molecule has 0 amide bonds. The lowest BCUT2D eigenvalue weighted by Crippen LogP contribution is -2.50. The Kier molecular flexibility index (Phi) is 3.30. The predicted molar refractivity (Wildman–Crippen MR) is 66.2 cm³/mol. The van der Waals surface area contributed by atoms with Crippen molar-refractivity contribution in [3.05, 3.63) is 24.0 Å². The van der Waals surface area contributed by atoms with Crippen molar-refractivity contribution in [1.29, 1.82) is 0 Å². The summed E-state index contributed by atoms with van der Waals surface area (Å²) in [5.74, 6) is -2.39. The van der Waals surface area contributed by atoms with Gasteiger partial charge in [-0.15, -0.1) is 0 Å². The van der Waals surface area contributed by atoms with E-state index in [0.29, 0.717) is 6.42 Å². The predicted octanol–water partition coefficient (Wildman–Crippen LogP) is 1.34. The molecule has 5 nitrogen and oxygen atoms in total. The van der Waals surface area contributed by atoms with Gasteiger partial charge in [0.2, 0.25) is 5.78 Å². The number of fused-ring (bicyclic) bond motifs is 1. The molecule has 0 radical (unpaired) electrons. The number of carbonyl (C=O) groups excluding carboxylic acids is 2. The van der Waals surface area contributed by atoms with Crippen LogP contribution in [-0.2, 0) is 19.1 Å². The Morgan fingerprint density at radius 1 is 1.53 bits per heavy atom. The highest BCUT2D eigenvalue weighted by Gasteiger charge is 2.54. The van der Waals surface area contributed by atoms with Crippen LogP contribution in [0.15, 0.2) is 24.0 Å². The van der Waals surface area contributed by atoms with Crippen molar-refractivity contribution >= 4 is 17.5 Å². The Hall–Kier alpha value is -1.91. The lowest BCUT2D eigenvalue weighted by Gasteiger charge is -2.44. The van der Waals surface area contributed by atoms with Crippen LogP contribution >= 0.6 is 0 Å². The van der Waals surface area contributed by atoms with Crippen molar-refractivity contribution in [2.75, 3.05) is 7.11 Å². The number of allylic oxidation sites excluding steroid dienone is 4. The van der Waals surface area contributed by atoms with Gasteiger partial charge in [0.15, 0.2) is 11.5 Å². The van der Waals surface area contributed by atoms with Gasteiger partial charge >= 0.3 is 5.97 Å². The molecule has 2 aliphatic carbocycles. The monoisotopic (exact) mass is 264 g/mol. The lowest BCUT2D eigenvalue weighted by atomic mass is 9.57. The fraction of sp³-hybridized carbons (Fsp3) is 0.500. The van der Waals surface area contributed by atoms with Crippen LogP contribution in [0.1, 0.15) is 19.8 Å². The van der Waals surface area contributed by atoms with Crippen LogP contribution in [-0.4, -0.2) is 29.8 Å². The van der Waals surface area contributed by atoms with E-state index in [4.69, 9.17) is 9.84 Å². The highest BCUT2D eigenvalue weighted by molar-refractivity contribution is 6.12. The van der Waals surface area contributed by atoms with Gasteiger partial charge < -0.3 is 9.84 Å². The zero-order chi connectivity index (χ0) is 14.2. The second-order valence-corrected chi connectivity index (χ2v) is 5.15. The van der Waals surface area contributed by atoms with Gasteiger partial charge in [0.25, 0.3) is 0 Å². The molecule has 3 unspecified atom stereocenters. The fourth-order valence-electron chi connectivity index (χ4n) is 3.00. The van der Waals surface area contributed by atoms with E-state index in [2.05, 4.69) is 0 Å². The Bertz CT molecular complexity index is 502. The number of hydrogen-bond acceptors (Lipinski definition) is 4. The van der Waals surface area contributed by atoms with Crippen LogP contribution in [0.2, 0.25) is 0 Å². The average molecular weight is 264 g/mol. The summed E-state index contributed by atoms with van der Waals surface area (Å²) >= 11 is 0. The number of methoxy groups -OCH3 is 1. The molecular formula is C14H16O5. The number of carboxylic acid groups (broad SMARTS) is 1. The lowest BCUT2D eigenvalue weighted by molar-refractivity contribution is -0.146. The van der Waals surface area contributed by atoms with Crippen LogP contribution in [0.25, 0.3) is 0 Å². The quantitative estimate of drug-likeness (QED) is 0.778. The average Bonchev–Trinajstić information content (AvgIpc) is 2.35. The SMILES string of the molecule is COC1=CC(=O)C2CC=CC(CC(=O)O)C2(C)C1=O. The normalized spacial score (nSPS) is 33.7. The zero-order valence-corrected chi connectivity index (χ0v) is 10.9. The molecule has 102 valence electrons. The van der Waals surface area contributed by atoms with Gasteiger partial charge in [0, 0.05) is 17.9 Å². The summed E-state index contributed by atoms with van der Waals surface area (Å²) < 4.78 is 4.96. The molecule has 19 heavy (non-hydrogen) atoms. The van der Waals surface area contributed by atoms with Gasteiger partial charge in [-0.25, -0.2) is 0 Å². The van der Waals surface area contributed by atoms with Gasteiger partial charge in [-0.3, -0.25) is 14.4 Å². The van der Waals surface area contributed by atoms with E-state index < -0.39 is 23.2 Å². The first kappa shape index (κ1) is 13.5. The summed E-state index contributed by atoms with van der Waals surface area (Å²) in [6.07, 6.45) is 5.04. The number of carbonyl (C=O) groups is 3. The second kappa shape index (κ2) is 4.64. The summed E-state index contributed by atoms with van der Waals surface area (Å²) in [5, 5.41) is 8.97. The highest BCUT2D eigenvalue weighted by atomic mass is 16.5. The minimum atomic E-state index is -1.02. The Morgan fingerprint density at radius 2 is 2.21 bits per heavy atom. The van der Waals surface area contributed by atoms with Crippen LogP contribution in [0.4, 0.5) is 0 Å². The van der Waals surface area contributed by atoms with Gasteiger partial charge in [-0.2, -0.15) is 0 Å². The first-order chi connectivity index (χ1) is 8.91. The maximum absolute atomic E-state index is 12.5. The Balaban J connectivity index is 2.48. The minimum Gasteiger partial charge on any atom is -0.493 e. The van der Waals surface area contributed by atoms with E-state index in [1.807, 2.05) is 0 Å². The van der Waals surface area contributed by atoms with E-state index in [0.717, 1.165) is 0 Å². The van der Waals surface area contributed by atoms with Crippen molar-refractivity contribution in [3.63, 3.8) is 0 Å². The molecule has 0 heterocycles. The van der Waals surface area contributed by atoms with Crippen molar-refractivity contribution in [2.24, 2.45) is 17.3 Å². The van der Waals surface area contributed by atoms with Crippen LogP contribution in [0.5, 0.6) is 0 Å². The smallest absolute Gasteiger partial charge is 0.303 e. The minimum absolute atomic E-state index is 0.0226. The molecule has 0 aromatic carbocycles. The van der Waals surface area contributed by atoms with Crippen molar-refractivity contribution in [1.82, 2.24) is 0 Å². The molecule has 2 aliphatic rings. The molecule has 0 saturated heterocycles. The van der Waals surface area contributed by atoms with Gasteiger partial charge in [-0.05, 0) is 6.42 Å². The standard InChI is InChI=1S/C14H16O5/c1-14-8(6-12(16)17)4-3-5-9(14)10(15)7-11(19-2)13(14)18/h3-4,7-9H,5-6H2,1-2H3,(H,16,17). The fourth-order valence-corrected chi connectivity index (χ4v) is 3.00. The topological polar surface area (TPSA) is 80.7 Å². The number of hydrogen-bond donors (Lipinski definition) is 1. The molecule has 0 aliphatic heterocycles. The third-order valence-corrected chi connectivity index (χ3v) is 4.18. The third-order valence-electron chi connectivity index (χ3n) is 4.18. The molecular weight excluding hydrogens is 248 g/mol. The van der Waals surface area contributed by atoms with Gasteiger partial charge in [-0.1, -0.05) is 19.1 Å². The van der Waals surface area contributed by atoms with Crippen molar-refractivity contribution < 1.29 is 24.2 Å². The molecule has 2 rings (SSSR count). The largest absolute Gasteiger partial charge is 0.493 e. The molecule has 0 fully saturated rings. The number of ketones is 2. The van der Waals surface area contributed by atoms with E-state index in [1.165, 1.54) is 13.2 Å². The molecule has 0 saturated carbocycles. The van der Waals surface area contributed by atoms with E-state index in [1.54, 1.807) is 19.1 Å².